The third kappa shape index (κ3) is 5.91. The maximum absolute atomic E-state index is 12.7. The Labute approximate surface area is 135 Å². The maximum atomic E-state index is 12.7. The number of aliphatic hydroxyl groups excluding tert-OH is 1. The van der Waals surface area contributed by atoms with Gasteiger partial charge in [-0.1, -0.05) is 0 Å². The van der Waals surface area contributed by atoms with E-state index in [0.29, 0.717) is 0 Å². The molecule has 1 unspecified atom stereocenters. The van der Waals surface area contributed by atoms with Crippen LogP contribution in [0.4, 0.5) is 0 Å². The first-order chi connectivity index (χ1) is 9.51. The molecular weight excluding hydrogens is 343 g/mol. The third-order valence-corrected chi connectivity index (χ3v) is 7.31. The number of carbonyl (C=O) groups is 1. The second-order valence-electron chi connectivity index (χ2n) is 7.34. The molecule has 0 amide bonds. The normalized spacial score (nSPS) is 14.9. The average Bonchev–Trinajstić information content (AvgIpc) is 2.36. The van der Waals surface area contributed by atoms with Crippen molar-refractivity contribution in [1.29, 1.82) is 0 Å². The molecule has 4 heteroatoms. The van der Waals surface area contributed by atoms with Crippen LogP contribution in [0.25, 0.3) is 0 Å². The van der Waals surface area contributed by atoms with Crippen molar-refractivity contribution in [2.45, 2.75) is 46.5 Å². The van der Waals surface area contributed by atoms with Crippen LogP contribution in [0.3, 0.4) is 0 Å². The zero-order valence-corrected chi connectivity index (χ0v) is 16.5. The average molecular weight is 369 g/mol. The molecule has 116 valence electrons. The standard InChI is InChI=1S/C17H26O2SeSi/c1-17(2,3)15(18)12-14(16(19)21(4,5)6)20-13-10-8-7-9-11-13/h7-12,15,18H,1-6H3/b14-12-. The first-order valence-corrected chi connectivity index (χ1v) is 12.4. The molecule has 21 heavy (non-hydrogen) atoms. The Morgan fingerprint density at radius 1 is 1.19 bits per heavy atom. The minimum absolute atomic E-state index is 0.0507. The molecule has 0 saturated carbocycles. The Kier molecular flexibility index (Phi) is 6.18. The van der Waals surface area contributed by atoms with Crippen LogP contribution in [0, 0.1) is 5.41 Å². The van der Waals surface area contributed by atoms with Crippen molar-refractivity contribution in [3.63, 3.8) is 0 Å². The molecule has 0 aliphatic rings. The number of allylic oxidation sites excluding steroid dienone is 1. The quantitative estimate of drug-likeness (QED) is 0.640. The van der Waals surface area contributed by atoms with Crippen molar-refractivity contribution in [3.05, 3.63) is 40.9 Å². The fourth-order valence-corrected chi connectivity index (χ4v) is 6.31. The first-order valence-electron chi connectivity index (χ1n) is 7.19. The van der Waals surface area contributed by atoms with E-state index in [9.17, 15) is 9.90 Å². The van der Waals surface area contributed by atoms with Crippen LogP contribution in [0.15, 0.2) is 40.9 Å². The van der Waals surface area contributed by atoms with Crippen molar-refractivity contribution in [2.75, 3.05) is 0 Å². The summed E-state index contributed by atoms with van der Waals surface area (Å²) in [6.45, 7) is 12.1. The Morgan fingerprint density at radius 2 is 1.71 bits per heavy atom. The fraction of sp³-hybridized carbons (Fsp3) is 0.471. The van der Waals surface area contributed by atoms with Crippen molar-refractivity contribution in [3.8, 4) is 0 Å². The van der Waals surface area contributed by atoms with E-state index in [4.69, 9.17) is 0 Å². The first kappa shape index (κ1) is 18.4. The van der Waals surface area contributed by atoms with Crippen LogP contribution < -0.4 is 4.46 Å². The van der Waals surface area contributed by atoms with E-state index in [-0.39, 0.29) is 25.8 Å². The summed E-state index contributed by atoms with van der Waals surface area (Å²) in [4.78, 5) is 12.7. The van der Waals surface area contributed by atoms with E-state index >= 15 is 0 Å². The molecule has 0 spiro atoms. The second-order valence-corrected chi connectivity index (χ2v) is 14.6. The van der Waals surface area contributed by atoms with Gasteiger partial charge >= 0.3 is 136 Å². The number of carbonyl (C=O) groups excluding carboxylic acids is 1. The monoisotopic (exact) mass is 370 g/mol. The van der Waals surface area contributed by atoms with Crippen LogP contribution in [0.1, 0.15) is 20.8 Å². The summed E-state index contributed by atoms with van der Waals surface area (Å²) in [6, 6.07) is 10.1. The molecule has 0 radical (unpaired) electrons. The van der Waals surface area contributed by atoms with Crippen molar-refractivity contribution in [1.82, 2.24) is 0 Å². The van der Waals surface area contributed by atoms with E-state index in [1.165, 1.54) is 4.46 Å². The van der Waals surface area contributed by atoms with E-state index in [0.717, 1.165) is 4.47 Å². The molecule has 0 saturated heterocycles. The number of aliphatic hydroxyl groups is 1. The van der Waals surface area contributed by atoms with Gasteiger partial charge in [0.25, 0.3) is 0 Å². The van der Waals surface area contributed by atoms with Gasteiger partial charge in [-0.15, -0.1) is 0 Å². The minimum atomic E-state index is -1.91. The number of hydrogen-bond donors (Lipinski definition) is 1. The molecule has 0 heterocycles. The van der Waals surface area contributed by atoms with Crippen molar-refractivity contribution in [2.24, 2.45) is 5.41 Å². The Morgan fingerprint density at radius 3 is 2.14 bits per heavy atom. The number of rotatable bonds is 5. The van der Waals surface area contributed by atoms with Gasteiger partial charge in [0.15, 0.2) is 0 Å². The third-order valence-electron chi connectivity index (χ3n) is 3.07. The Hall–Kier alpha value is -0.674. The van der Waals surface area contributed by atoms with Crippen molar-refractivity contribution < 1.29 is 9.90 Å². The molecular formula is C17H26O2SeSi. The Balaban J connectivity index is 3.12. The Bertz CT molecular complexity index is 510. The fourth-order valence-electron chi connectivity index (χ4n) is 1.53. The summed E-state index contributed by atoms with van der Waals surface area (Å²) >= 11 is -0.0507. The molecule has 1 aromatic rings. The molecule has 0 aliphatic heterocycles. The summed E-state index contributed by atoms with van der Waals surface area (Å²) in [5.41, 5.74) is -0.252. The predicted molar refractivity (Wildman–Crippen MR) is 93.7 cm³/mol. The van der Waals surface area contributed by atoms with Gasteiger partial charge in [0.05, 0.1) is 0 Å². The van der Waals surface area contributed by atoms with Gasteiger partial charge in [-0.2, -0.15) is 0 Å². The van der Waals surface area contributed by atoms with Gasteiger partial charge in [0.2, 0.25) is 0 Å². The zero-order chi connectivity index (χ0) is 16.3. The second kappa shape index (κ2) is 7.06. The van der Waals surface area contributed by atoms with E-state index in [1.54, 1.807) is 6.08 Å². The summed E-state index contributed by atoms with van der Waals surface area (Å²) in [5, 5.41) is 10.6. The molecule has 0 bridgehead atoms. The van der Waals surface area contributed by atoms with Gasteiger partial charge in [0.1, 0.15) is 0 Å². The molecule has 0 aromatic heterocycles. The van der Waals surface area contributed by atoms with Gasteiger partial charge < -0.3 is 0 Å². The molecule has 1 atom stereocenters. The molecule has 0 aliphatic carbocycles. The van der Waals surface area contributed by atoms with Crippen molar-refractivity contribution >= 4 is 32.9 Å². The summed E-state index contributed by atoms with van der Waals surface area (Å²) in [6.07, 6.45) is 1.20. The van der Waals surface area contributed by atoms with E-state index in [2.05, 4.69) is 31.8 Å². The SMILES string of the molecule is CC(C)(C)C(O)/C=C(\[Se]c1ccccc1)C(=O)[Si](C)(C)C. The van der Waals surface area contributed by atoms with Gasteiger partial charge in [-0.25, -0.2) is 0 Å². The molecule has 2 nitrogen and oxygen atoms in total. The number of hydrogen-bond acceptors (Lipinski definition) is 2. The van der Waals surface area contributed by atoms with Gasteiger partial charge in [-0.3, -0.25) is 0 Å². The van der Waals surface area contributed by atoms with Crippen LogP contribution in [0.5, 0.6) is 0 Å². The predicted octanol–water partition coefficient (Wildman–Crippen LogP) is 2.75. The van der Waals surface area contributed by atoms with Gasteiger partial charge in [-0.05, 0) is 0 Å². The van der Waals surface area contributed by atoms with Crippen LogP contribution in [0.2, 0.25) is 19.6 Å². The van der Waals surface area contributed by atoms with Crippen LogP contribution in [-0.2, 0) is 4.79 Å². The summed E-state index contributed by atoms with van der Waals surface area (Å²) in [5.74, 6) is 0. The van der Waals surface area contributed by atoms with Crippen LogP contribution in [-0.4, -0.2) is 39.6 Å². The van der Waals surface area contributed by atoms with E-state index < -0.39 is 14.2 Å². The van der Waals surface area contributed by atoms with E-state index in [1.807, 2.05) is 39.0 Å². The van der Waals surface area contributed by atoms with Crippen LogP contribution >= 0.6 is 0 Å². The molecule has 1 N–H and O–H groups in total. The number of benzene rings is 1. The zero-order valence-electron chi connectivity index (χ0n) is 13.8. The molecule has 0 fully saturated rings. The summed E-state index contributed by atoms with van der Waals surface area (Å²) < 4.78 is 1.99. The summed E-state index contributed by atoms with van der Waals surface area (Å²) in [7, 11) is -1.91. The molecule has 1 aromatic carbocycles. The topological polar surface area (TPSA) is 37.3 Å². The molecule has 1 rings (SSSR count). The van der Waals surface area contributed by atoms with Gasteiger partial charge in [0, 0.05) is 0 Å².